The Bertz CT molecular complexity index is 4340. The van der Waals surface area contributed by atoms with Gasteiger partial charge in [-0.05, 0) is 158 Å². The number of hydrogen-bond donors (Lipinski definition) is 1. The lowest BCUT2D eigenvalue weighted by atomic mass is 9.38. The van der Waals surface area contributed by atoms with Crippen molar-refractivity contribution in [1.29, 1.82) is 0 Å². The second kappa shape index (κ2) is 21.1. The molecule has 2 aromatic heterocycles. The zero-order chi connectivity index (χ0) is 57.1. The molecule has 0 saturated heterocycles. The molecule has 0 amide bonds. The highest BCUT2D eigenvalue weighted by Gasteiger charge is 2.66. The molecule has 0 radical (unpaired) electrons. The summed E-state index contributed by atoms with van der Waals surface area (Å²) in [6, 6.07) is 89.4. The van der Waals surface area contributed by atoms with E-state index in [4.69, 9.17) is 25.1 Å². The first-order chi connectivity index (χ1) is 41.7. The summed E-state index contributed by atoms with van der Waals surface area (Å²) in [6.07, 6.45) is 6.62. The summed E-state index contributed by atoms with van der Waals surface area (Å²) in [5, 5.41) is 30.6. The molecular formula is C77H64N6O2. The van der Waals surface area contributed by atoms with Crippen molar-refractivity contribution in [3.63, 3.8) is 0 Å². The van der Waals surface area contributed by atoms with Gasteiger partial charge in [0.2, 0.25) is 0 Å². The largest absolute Gasteiger partial charge is 0.489 e. The van der Waals surface area contributed by atoms with Gasteiger partial charge in [0.1, 0.15) is 18.5 Å². The van der Waals surface area contributed by atoms with Crippen LogP contribution in [0.4, 0.5) is 0 Å². The zero-order valence-corrected chi connectivity index (χ0v) is 47.8. The van der Waals surface area contributed by atoms with E-state index in [9.17, 15) is 5.11 Å². The normalized spacial score (nSPS) is 18.9. The lowest BCUT2D eigenvalue weighted by molar-refractivity contribution is -0.0628. The third-order valence-corrected chi connectivity index (χ3v) is 19.1. The number of aliphatic hydroxyl groups is 1. The van der Waals surface area contributed by atoms with Gasteiger partial charge in [-0.25, -0.2) is 0 Å². The number of aliphatic hydroxyl groups excluding tert-OH is 1. The van der Waals surface area contributed by atoms with Crippen LogP contribution in [-0.4, -0.2) is 34.6 Å². The molecular weight excluding hydrogens is 1040 g/mol. The van der Waals surface area contributed by atoms with Crippen LogP contribution in [0, 0.1) is 10.8 Å². The van der Waals surface area contributed by atoms with E-state index in [1.807, 2.05) is 109 Å². The van der Waals surface area contributed by atoms with Gasteiger partial charge in [-0.2, -0.15) is 0 Å². The second-order valence-corrected chi connectivity index (χ2v) is 24.0. The van der Waals surface area contributed by atoms with Crippen LogP contribution in [0.15, 0.2) is 255 Å². The smallest absolute Gasteiger partial charge is 0.168 e. The molecule has 2 fully saturated rings. The monoisotopic (exact) mass is 1100 g/mol. The number of aromatic nitrogens is 6. The van der Waals surface area contributed by atoms with E-state index >= 15 is 0 Å². The fraction of sp³-hybridized carbons (Fsp3) is 0.169. The molecule has 15 rings (SSSR count). The number of nitrogens with zero attached hydrogens (tertiary/aromatic N) is 6. The summed E-state index contributed by atoms with van der Waals surface area (Å²) in [5.41, 5.74) is 19.1. The first kappa shape index (κ1) is 52.1. The number of ether oxygens (including phenoxy) is 1. The first-order valence-corrected chi connectivity index (χ1v) is 29.9. The highest BCUT2D eigenvalue weighted by molar-refractivity contribution is 5.88. The third-order valence-electron chi connectivity index (χ3n) is 19.1. The van der Waals surface area contributed by atoms with Crippen LogP contribution in [0.1, 0.15) is 86.3 Å². The predicted molar refractivity (Wildman–Crippen MR) is 340 cm³/mol. The number of para-hydroxylation sites is 2. The third kappa shape index (κ3) is 8.85. The summed E-state index contributed by atoms with van der Waals surface area (Å²) < 4.78 is 10.4. The lowest BCUT2D eigenvalue weighted by Crippen LogP contribution is -2.59. The van der Waals surface area contributed by atoms with Gasteiger partial charge in [0.05, 0.1) is 0 Å². The zero-order valence-electron chi connectivity index (χ0n) is 47.8. The van der Waals surface area contributed by atoms with Crippen molar-refractivity contribution in [1.82, 2.24) is 29.5 Å². The van der Waals surface area contributed by atoms with E-state index in [2.05, 4.69) is 169 Å². The fourth-order valence-corrected chi connectivity index (χ4v) is 15.1. The Kier molecular flexibility index (Phi) is 13.0. The van der Waals surface area contributed by atoms with Crippen molar-refractivity contribution in [2.24, 2.45) is 10.8 Å². The number of benzene rings is 10. The fourth-order valence-electron chi connectivity index (χ4n) is 15.1. The van der Waals surface area contributed by atoms with Gasteiger partial charge >= 0.3 is 0 Å². The van der Waals surface area contributed by atoms with Crippen molar-refractivity contribution in [3.8, 4) is 96.1 Å². The van der Waals surface area contributed by atoms with Gasteiger partial charge in [0, 0.05) is 39.0 Å². The second-order valence-electron chi connectivity index (χ2n) is 24.0. The van der Waals surface area contributed by atoms with Crippen molar-refractivity contribution >= 4 is 0 Å². The van der Waals surface area contributed by atoms with Gasteiger partial charge in [0.25, 0.3) is 0 Å². The van der Waals surface area contributed by atoms with Crippen LogP contribution >= 0.6 is 0 Å². The SMILES string of the molecule is CC12CCCC(C)(CCC1)C21c2cc(-c3ccc(-c4nnc(-c5ccc(OCc6ccccc6)cc5)n4-c4ccccc4)cc3)ccc2-c2ccc(-c3ccc(-c4nnc(-c5ccc(C(O)c6ccccc6)cc5)n4-c4ccccc4)cc3)cc21. The average Bonchev–Trinajstić information content (AvgIpc) is 1.58. The van der Waals surface area contributed by atoms with Crippen molar-refractivity contribution < 1.29 is 9.84 Å². The molecule has 12 aromatic rings. The summed E-state index contributed by atoms with van der Waals surface area (Å²) in [7, 11) is 0. The Labute approximate surface area is 496 Å². The van der Waals surface area contributed by atoms with E-state index in [1.165, 1.54) is 83.0 Å². The molecule has 3 aliphatic carbocycles. The predicted octanol–water partition coefficient (Wildman–Crippen LogP) is 18.2. The van der Waals surface area contributed by atoms with E-state index in [-0.39, 0.29) is 16.2 Å². The highest BCUT2D eigenvalue weighted by atomic mass is 16.5. The van der Waals surface area contributed by atoms with E-state index in [0.717, 1.165) is 79.4 Å². The quantitative estimate of drug-likeness (QED) is 0.124. The molecule has 8 heteroatoms. The van der Waals surface area contributed by atoms with Gasteiger partial charge < -0.3 is 9.84 Å². The van der Waals surface area contributed by atoms with E-state index < -0.39 is 6.10 Å². The first-order valence-electron chi connectivity index (χ1n) is 29.9. The Morgan fingerprint density at radius 2 is 0.729 bits per heavy atom. The molecule has 10 aromatic carbocycles. The molecule has 2 heterocycles. The molecule has 1 atom stereocenters. The summed E-state index contributed by atoms with van der Waals surface area (Å²) in [5.74, 6) is 3.85. The van der Waals surface area contributed by atoms with Crippen LogP contribution in [-0.2, 0) is 12.0 Å². The molecule has 414 valence electrons. The average molecular weight is 1110 g/mol. The van der Waals surface area contributed by atoms with E-state index in [1.54, 1.807) is 0 Å². The Hall–Kier alpha value is -9.76. The molecule has 1 unspecified atom stereocenters. The standard InChI is InChI=1S/C77H64N6O2/c1-75-45-15-47-76(2,48-16-46-75)77(75)68-49-61(53-25-31-57(32-26-53)71-78-80-73(82(71)63-21-11-5-12-22-63)59-35-29-56(30-36-59)70(84)55-19-9-4-10-20-55)39-43-66(68)67-44-40-62(50-69(67)77)54-27-33-58(34-28-54)72-79-81-74(83(72)64-23-13-6-14-24-64)60-37-41-65(42-38-60)85-51-52-17-7-3-8-18-52/h3-14,17-44,49-50,70,84H,15-16,45-48,51H2,1-2H3. The maximum atomic E-state index is 11.2. The molecule has 1 spiro atoms. The lowest BCUT2D eigenvalue weighted by Gasteiger charge is -2.65. The van der Waals surface area contributed by atoms with Crippen molar-refractivity contribution in [2.45, 2.75) is 70.5 Å². The molecule has 8 nitrogen and oxygen atoms in total. The van der Waals surface area contributed by atoms with Gasteiger partial charge in [-0.1, -0.05) is 221 Å². The Morgan fingerprint density at radius 1 is 0.388 bits per heavy atom. The number of hydrogen-bond acceptors (Lipinski definition) is 6. The van der Waals surface area contributed by atoms with Crippen molar-refractivity contribution in [2.75, 3.05) is 0 Å². The summed E-state index contributed by atoms with van der Waals surface area (Å²) in [4.78, 5) is 0. The Morgan fingerprint density at radius 3 is 1.15 bits per heavy atom. The number of rotatable bonds is 13. The van der Waals surface area contributed by atoms with Crippen LogP contribution in [0.2, 0.25) is 0 Å². The van der Waals surface area contributed by atoms with Gasteiger partial charge in [0.15, 0.2) is 23.3 Å². The summed E-state index contributed by atoms with van der Waals surface area (Å²) in [6.45, 7) is 5.75. The maximum absolute atomic E-state index is 11.2. The van der Waals surface area contributed by atoms with Gasteiger partial charge in [-0.3, -0.25) is 9.13 Å². The van der Waals surface area contributed by atoms with Crippen LogP contribution in [0.5, 0.6) is 5.75 Å². The molecule has 3 aliphatic rings. The van der Waals surface area contributed by atoms with Crippen LogP contribution in [0.25, 0.3) is 90.3 Å². The Balaban J connectivity index is 0.751. The summed E-state index contributed by atoms with van der Waals surface area (Å²) >= 11 is 0. The minimum Gasteiger partial charge on any atom is -0.489 e. The molecule has 2 bridgehead atoms. The molecule has 2 saturated carbocycles. The maximum Gasteiger partial charge on any atom is 0.168 e. The van der Waals surface area contributed by atoms with Gasteiger partial charge in [-0.15, -0.1) is 20.4 Å². The minimum absolute atomic E-state index is 0.0825. The van der Waals surface area contributed by atoms with Crippen LogP contribution in [0.3, 0.4) is 0 Å². The van der Waals surface area contributed by atoms with Crippen molar-refractivity contribution in [3.05, 3.63) is 283 Å². The van der Waals surface area contributed by atoms with Crippen LogP contribution < -0.4 is 4.74 Å². The molecule has 1 N–H and O–H groups in total. The minimum atomic E-state index is -0.721. The topological polar surface area (TPSA) is 90.9 Å². The highest BCUT2D eigenvalue weighted by Crippen LogP contribution is 2.74. The number of fused-ring (bicyclic) bond motifs is 3. The molecule has 0 aliphatic heterocycles. The van der Waals surface area contributed by atoms with E-state index in [0.29, 0.717) is 6.61 Å². The molecule has 85 heavy (non-hydrogen) atoms.